The molecule has 0 bridgehead atoms. The molecule has 0 saturated heterocycles. The topological polar surface area (TPSA) is 34.2 Å². The lowest BCUT2D eigenvalue weighted by atomic mass is 10.1. The summed E-state index contributed by atoms with van der Waals surface area (Å²) in [6.45, 7) is 9.96. The quantitative estimate of drug-likeness (QED) is 0.684. The number of nitrogens with zero attached hydrogens (tertiary/aromatic N) is 1. The molecule has 0 aliphatic rings. The summed E-state index contributed by atoms with van der Waals surface area (Å²) >= 11 is 0. The fraction of sp³-hybridized carbons (Fsp3) is 0.667. The SMILES string of the molecule is CCc1cccnc1CNCCOCCC(C)C. The molecule has 1 aromatic heterocycles. The zero-order valence-corrected chi connectivity index (χ0v) is 11.9. The van der Waals surface area contributed by atoms with Gasteiger partial charge in [-0.05, 0) is 30.4 Å². The summed E-state index contributed by atoms with van der Waals surface area (Å²) in [5.41, 5.74) is 2.48. The number of rotatable bonds is 9. The maximum absolute atomic E-state index is 5.56. The summed E-state index contributed by atoms with van der Waals surface area (Å²) in [7, 11) is 0. The lowest BCUT2D eigenvalue weighted by Crippen LogP contribution is -2.21. The van der Waals surface area contributed by atoms with Gasteiger partial charge in [-0.15, -0.1) is 0 Å². The van der Waals surface area contributed by atoms with Crippen LogP contribution in [0, 0.1) is 5.92 Å². The highest BCUT2D eigenvalue weighted by molar-refractivity contribution is 5.19. The minimum absolute atomic E-state index is 0.721. The Balaban J connectivity index is 2.10. The van der Waals surface area contributed by atoms with E-state index in [9.17, 15) is 0 Å². The zero-order chi connectivity index (χ0) is 13.2. The summed E-state index contributed by atoms with van der Waals surface area (Å²) in [6, 6.07) is 4.14. The largest absolute Gasteiger partial charge is 0.380 e. The van der Waals surface area contributed by atoms with Gasteiger partial charge in [0.2, 0.25) is 0 Å². The van der Waals surface area contributed by atoms with Crippen molar-refractivity contribution in [3.63, 3.8) is 0 Å². The Kier molecular flexibility index (Phi) is 7.62. The molecule has 0 aliphatic heterocycles. The van der Waals surface area contributed by atoms with Crippen LogP contribution in [-0.2, 0) is 17.7 Å². The minimum Gasteiger partial charge on any atom is -0.380 e. The summed E-state index contributed by atoms with van der Waals surface area (Å²) in [6.07, 6.45) is 4.03. The third-order valence-corrected chi connectivity index (χ3v) is 2.92. The third kappa shape index (κ3) is 6.12. The van der Waals surface area contributed by atoms with Crippen LogP contribution in [0.1, 0.15) is 38.4 Å². The molecule has 3 nitrogen and oxygen atoms in total. The van der Waals surface area contributed by atoms with E-state index in [0.29, 0.717) is 0 Å². The van der Waals surface area contributed by atoms with Gasteiger partial charge in [0.1, 0.15) is 0 Å². The standard InChI is InChI=1S/C15H26N2O/c1-4-14-6-5-8-17-15(14)12-16-9-11-18-10-7-13(2)3/h5-6,8,13,16H,4,7,9-12H2,1-3H3. The van der Waals surface area contributed by atoms with Crippen molar-refractivity contribution in [3.8, 4) is 0 Å². The average molecular weight is 250 g/mol. The van der Waals surface area contributed by atoms with E-state index in [0.717, 1.165) is 50.8 Å². The molecule has 1 aromatic rings. The fourth-order valence-electron chi connectivity index (χ4n) is 1.72. The number of aryl methyl sites for hydroxylation is 1. The van der Waals surface area contributed by atoms with Crippen molar-refractivity contribution in [2.24, 2.45) is 5.92 Å². The van der Waals surface area contributed by atoms with Crippen LogP contribution in [0.25, 0.3) is 0 Å². The summed E-state index contributed by atoms with van der Waals surface area (Å²) in [5, 5.41) is 3.38. The molecule has 3 heteroatoms. The van der Waals surface area contributed by atoms with Gasteiger partial charge in [-0.2, -0.15) is 0 Å². The van der Waals surface area contributed by atoms with Gasteiger partial charge in [0.05, 0.1) is 12.3 Å². The Morgan fingerprint density at radius 3 is 2.89 bits per heavy atom. The second-order valence-electron chi connectivity index (χ2n) is 4.93. The Morgan fingerprint density at radius 2 is 2.17 bits per heavy atom. The van der Waals surface area contributed by atoms with Crippen LogP contribution in [0.15, 0.2) is 18.3 Å². The molecule has 0 aliphatic carbocycles. The highest BCUT2D eigenvalue weighted by atomic mass is 16.5. The number of aromatic nitrogens is 1. The van der Waals surface area contributed by atoms with Crippen LogP contribution < -0.4 is 5.32 Å². The molecular formula is C15H26N2O. The highest BCUT2D eigenvalue weighted by Crippen LogP contribution is 2.05. The molecule has 1 N–H and O–H groups in total. The first-order valence-electron chi connectivity index (χ1n) is 6.95. The third-order valence-electron chi connectivity index (χ3n) is 2.92. The van der Waals surface area contributed by atoms with Crippen LogP contribution in [-0.4, -0.2) is 24.7 Å². The van der Waals surface area contributed by atoms with Crippen molar-refractivity contribution < 1.29 is 4.74 Å². The first-order valence-corrected chi connectivity index (χ1v) is 6.95. The summed E-state index contributed by atoms with van der Waals surface area (Å²) in [5.74, 6) is 0.721. The highest BCUT2D eigenvalue weighted by Gasteiger charge is 2.00. The van der Waals surface area contributed by atoms with Gasteiger partial charge >= 0.3 is 0 Å². The second-order valence-corrected chi connectivity index (χ2v) is 4.93. The molecule has 102 valence electrons. The molecule has 0 radical (unpaired) electrons. The molecule has 1 rings (SSSR count). The van der Waals surface area contributed by atoms with Crippen molar-refractivity contribution in [1.82, 2.24) is 10.3 Å². The number of hydrogen-bond donors (Lipinski definition) is 1. The van der Waals surface area contributed by atoms with Gasteiger partial charge in [-0.25, -0.2) is 0 Å². The van der Waals surface area contributed by atoms with Gasteiger partial charge < -0.3 is 10.1 Å². The molecule has 0 fully saturated rings. The maximum atomic E-state index is 5.56. The minimum atomic E-state index is 0.721. The van der Waals surface area contributed by atoms with Crippen LogP contribution in [0.4, 0.5) is 0 Å². The van der Waals surface area contributed by atoms with Crippen LogP contribution in [0.5, 0.6) is 0 Å². The average Bonchev–Trinajstić information content (AvgIpc) is 2.37. The molecule has 0 unspecified atom stereocenters. The second kappa shape index (κ2) is 9.06. The number of ether oxygens (including phenoxy) is 1. The first kappa shape index (κ1) is 15.1. The monoisotopic (exact) mass is 250 g/mol. The van der Waals surface area contributed by atoms with Crippen LogP contribution in [0.2, 0.25) is 0 Å². The van der Waals surface area contributed by atoms with Gasteiger partial charge in [0, 0.05) is 25.9 Å². The van der Waals surface area contributed by atoms with E-state index in [-0.39, 0.29) is 0 Å². The lowest BCUT2D eigenvalue weighted by Gasteiger charge is -2.09. The summed E-state index contributed by atoms with van der Waals surface area (Å²) < 4.78 is 5.56. The van der Waals surface area contributed by atoms with Crippen LogP contribution in [0.3, 0.4) is 0 Å². The Labute approximate surface area is 111 Å². The van der Waals surface area contributed by atoms with E-state index in [4.69, 9.17) is 4.74 Å². The molecule has 18 heavy (non-hydrogen) atoms. The van der Waals surface area contributed by atoms with E-state index >= 15 is 0 Å². The van der Waals surface area contributed by atoms with E-state index in [2.05, 4.69) is 37.1 Å². The Hall–Kier alpha value is -0.930. The fourth-order valence-corrected chi connectivity index (χ4v) is 1.72. The molecule has 0 atom stereocenters. The van der Waals surface area contributed by atoms with Crippen molar-refractivity contribution in [3.05, 3.63) is 29.6 Å². The van der Waals surface area contributed by atoms with E-state index < -0.39 is 0 Å². The molecule has 0 saturated carbocycles. The van der Waals surface area contributed by atoms with Gasteiger partial charge in [0.15, 0.2) is 0 Å². The van der Waals surface area contributed by atoms with E-state index in [1.165, 1.54) is 5.56 Å². The maximum Gasteiger partial charge on any atom is 0.0591 e. The molecular weight excluding hydrogens is 224 g/mol. The van der Waals surface area contributed by atoms with Gasteiger partial charge in [-0.1, -0.05) is 26.8 Å². The van der Waals surface area contributed by atoms with Gasteiger partial charge in [-0.3, -0.25) is 4.98 Å². The molecule has 0 aromatic carbocycles. The Morgan fingerprint density at radius 1 is 1.33 bits per heavy atom. The molecule has 0 spiro atoms. The molecule has 0 amide bonds. The predicted molar refractivity (Wildman–Crippen MR) is 75.6 cm³/mol. The number of pyridine rings is 1. The Bertz CT molecular complexity index is 326. The zero-order valence-electron chi connectivity index (χ0n) is 11.9. The van der Waals surface area contributed by atoms with E-state index in [1.54, 1.807) is 0 Å². The predicted octanol–water partition coefficient (Wildman–Crippen LogP) is 2.80. The van der Waals surface area contributed by atoms with Crippen molar-refractivity contribution in [2.45, 2.75) is 40.2 Å². The summed E-state index contributed by atoms with van der Waals surface area (Å²) in [4.78, 5) is 4.40. The number of hydrogen-bond acceptors (Lipinski definition) is 3. The van der Waals surface area contributed by atoms with Gasteiger partial charge in [0.25, 0.3) is 0 Å². The van der Waals surface area contributed by atoms with E-state index in [1.807, 2.05) is 12.3 Å². The normalized spacial score (nSPS) is 11.1. The number of nitrogens with one attached hydrogen (secondary N) is 1. The molecule has 1 heterocycles. The lowest BCUT2D eigenvalue weighted by molar-refractivity contribution is 0.125. The van der Waals surface area contributed by atoms with Crippen molar-refractivity contribution in [1.29, 1.82) is 0 Å². The first-order chi connectivity index (χ1) is 8.74. The van der Waals surface area contributed by atoms with Crippen molar-refractivity contribution in [2.75, 3.05) is 19.8 Å². The van der Waals surface area contributed by atoms with Crippen molar-refractivity contribution >= 4 is 0 Å². The smallest absolute Gasteiger partial charge is 0.0591 e. The van der Waals surface area contributed by atoms with Crippen LogP contribution >= 0.6 is 0 Å².